The van der Waals surface area contributed by atoms with E-state index in [0.29, 0.717) is 18.8 Å². The van der Waals surface area contributed by atoms with Crippen LogP contribution in [0.15, 0.2) is 46.9 Å². The van der Waals surface area contributed by atoms with Gasteiger partial charge in [0.1, 0.15) is 18.1 Å². The lowest BCUT2D eigenvalue weighted by molar-refractivity contribution is 0.166. The number of halogens is 1. The molecule has 0 heterocycles. The predicted molar refractivity (Wildman–Crippen MR) is 86.7 cm³/mol. The Balaban J connectivity index is 2.17. The summed E-state index contributed by atoms with van der Waals surface area (Å²) in [5.74, 6) is 1.50. The van der Waals surface area contributed by atoms with Gasteiger partial charge in [-0.25, -0.2) is 0 Å². The Morgan fingerprint density at radius 3 is 2.67 bits per heavy atom. The molecule has 0 aliphatic rings. The maximum absolute atomic E-state index is 10.0. The average molecular weight is 351 g/mol. The lowest BCUT2D eigenvalue weighted by Gasteiger charge is -2.15. The van der Waals surface area contributed by atoms with Crippen LogP contribution in [0.2, 0.25) is 0 Å². The molecule has 2 rings (SSSR count). The summed E-state index contributed by atoms with van der Waals surface area (Å²) in [5, 5.41) is 10.0. The summed E-state index contributed by atoms with van der Waals surface area (Å²) in [6.07, 6.45) is 0.151. The molecule has 4 heteroatoms. The summed E-state index contributed by atoms with van der Waals surface area (Å²) in [5.41, 5.74) is 1.81. The number of benzene rings is 2. The van der Waals surface area contributed by atoms with Gasteiger partial charge in [0.25, 0.3) is 0 Å². The van der Waals surface area contributed by atoms with Crippen LogP contribution >= 0.6 is 15.9 Å². The quantitative estimate of drug-likeness (QED) is 0.834. The zero-order valence-corrected chi connectivity index (χ0v) is 13.8. The van der Waals surface area contributed by atoms with Crippen LogP contribution < -0.4 is 9.47 Å². The van der Waals surface area contributed by atoms with E-state index in [2.05, 4.69) is 15.9 Å². The molecule has 0 aromatic heterocycles. The van der Waals surface area contributed by atoms with Crippen molar-refractivity contribution < 1.29 is 14.6 Å². The summed E-state index contributed by atoms with van der Waals surface area (Å²) in [4.78, 5) is 0. The van der Waals surface area contributed by atoms with Gasteiger partial charge in [-0.2, -0.15) is 0 Å². The number of ether oxygens (including phenoxy) is 2. The van der Waals surface area contributed by atoms with Crippen LogP contribution in [0.1, 0.15) is 30.6 Å². The third-order valence-electron chi connectivity index (χ3n) is 3.30. The second kappa shape index (κ2) is 7.48. The van der Waals surface area contributed by atoms with Gasteiger partial charge < -0.3 is 14.6 Å². The number of hydrogen-bond donors (Lipinski definition) is 1. The van der Waals surface area contributed by atoms with Crippen molar-refractivity contribution in [1.82, 2.24) is 0 Å². The van der Waals surface area contributed by atoms with E-state index in [4.69, 9.17) is 9.47 Å². The smallest absolute Gasteiger partial charge is 0.125 e. The zero-order chi connectivity index (χ0) is 15.2. The molecule has 0 amide bonds. The Morgan fingerprint density at radius 1 is 1.19 bits per heavy atom. The molecule has 112 valence electrons. The van der Waals surface area contributed by atoms with Crippen molar-refractivity contribution in [3.8, 4) is 11.5 Å². The maximum Gasteiger partial charge on any atom is 0.125 e. The van der Waals surface area contributed by atoms with Crippen molar-refractivity contribution in [3.63, 3.8) is 0 Å². The number of aliphatic hydroxyl groups is 1. The van der Waals surface area contributed by atoms with Crippen molar-refractivity contribution >= 4 is 15.9 Å². The van der Waals surface area contributed by atoms with E-state index < -0.39 is 6.10 Å². The van der Waals surface area contributed by atoms with Gasteiger partial charge in [-0.15, -0.1) is 0 Å². The average Bonchev–Trinajstić information content (AvgIpc) is 2.53. The normalized spacial score (nSPS) is 12.0. The van der Waals surface area contributed by atoms with Gasteiger partial charge in [-0.1, -0.05) is 41.1 Å². The number of para-hydroxylation sites is 1. The second-order valence-corrected chi connectivity index (χ2v) is 5.56. The first kappa shape index (κ1) is 15.9. The van der Waals surface area contributed by atoms with Gasteiger partial charge in [-0.3, -0.25) is 0 Å². The number of rotatable bonds is 6. The number of methoxy groups -OCH3 is 1. The maximum atomic E-state index is 10.0. The van der Waals surface area contributed by atoms with Gasteiger partial charge in [-0.05, 0) is 30.7 Å². The Bertz CT molecular complexity index is 598. The van der Waals surface area contributed by atoms with Crippen LogP contribution in [0.4, 0.5) is 0 Å². The second-order valence-electron chi connectivity index (χ2n) is 4.71. The van der Waals surface area contributed by atoms with Crippen LogP contribution in [0.25, 0.3) is 0 Å². The molecule has 21 heavy (non-hydrogen) atoms. The van der Waals surface area contributed by atoms with Crippen molar-refractivity contribution in [2.45, 2.75) is 26.1 Å². The third-order valence-corrected chi connectivity index (χ3v) is 4.07. The van der Waals surface area contributed by atoms with E-state index in [-0.39, 0.29) is 0 Å². The van der Waals surface area contributed by atoms with Gasteiger partial charge in [0, 0.05) is 15.6 Å². The van der Waals surface area contributed by atoms with Crippen LogP contribution in [-0.4, -0.2) is 12.2 Å². The Hall–Kier alpha value is -1.52. The summed E-state index contributed by atoms with van der Waals surface area (Å²) in [6.45, 7) is 2.35. The van der Waals surface area contributed by atoms with Gasteiger partial charge in [0.05, 0.1) is 13.2 Å². The molecule has 0 saturated heterocycles. The molecular weight excluding hydrogens is 332 g/mol. The van der Waals surface area contributed by atoms with E-state index in [1.807, 2.05) is 49.4 Å². The Morgan fingerprint density at radius 2 is 1.95 bits per heavy atom. The highest BCUT2D eigenvalue weighted by Gasteiger charge is 2.12. The van der Waals surface area contributed by atoms with Crippen LogP contribution in [-0.2, 0) is 6.61 Å². The first-order chi connectivity index (χ1) is 10.2. The lowest BCUT2D eigenvalue weighted by atomic mass is 10.1. The zero-order valence-electron chi connectivity index (χ0n) is 12.2. The highest BCUT2D eigenvalue weighted by Crippen LogP contribution is 2.29. The van der Waals surface area contributed by atoms with Crippen molar-refractivity contribution in [3.05, 3.63) is 58.1 Å². The lowest BCUT2D eigenvalue weighted by Crippen LogP contribution is -2.03. The third kappa shape index (κ3) is 3.99. The molecule has 1 N–H and O–H groups in total. The predicted octanol–water partition coefficient (Wildman–Crippen LogP) is 4.48. The molecule has 2 aromatic rings. The van der Waals surface area contributed by atoms with Crippen molar-refractivity contribution in [2.24, 2.45) is 0 Å². The molecular formula is C17H19BrO3. The molecule has 3 nitrogen and oxygen atoms in total. The topological polar surface area (TPSA) is 38.7 Å². The molecule has 2 aromatic carbocycles. The fourth-order valence-electron chi connectivity index (χ4n) is 2.05. The molecule has 0 aliphatic heterocycles. The van der Waals surface area contributed by atoms with Gasteiger partial charge >= 0.3 is 0 Å². The minimum atomic E-state index is -0.505. The van der Waals surface area contributed by atoms with Crippen molar-refractivity contribution in [2.75, 3.05) is 7.11 Å². The molecule has 0 aliphatic carbocycles. The summed E-state index contributed by atoms with van der Waals surface area (Å²) in [6, 6.07) is 13.3. The van der Waals surface area contributed by atoms with Crippen LogP contribution in [0, 0.1) is 0 Å². The Labute approximate surface area is 133 Å². The summed E-state index contributed by atoms with van der Waals surface area (Å²) >= 11 is 3.51. The molecule has 0 unspecified atom stereocenters. The first-order valence-electron chi connectivity index (χ1n) is 6.88. The Kier molecular flexibility index (Phi) is 5.65. The molecule has 0 spiro atoms. The fourth-order valence-corrected chi connectivity index (χ4v) is 2.41. The van der Waals surface area contributed by atoms with Crippen molar-refractivity contribution in [1.29, 1.82) is 0 Å². The van der Waals surface area contributed by atoms with Gasteiger partial charge in [0.15, 0.2) is 0 Å². The molecule has 0 saturated carbocycles. The molecule has 0 radical (unpaired) electrons. The van der Waals surface area contributed by atoms with Gasteiger partial charge in [0.2, 0.25) is 0 Å². The van der Waals surface area contributed by atoms with E-state index >= 15 is 0 Å². The number of hydrogen-bond acceptors (Lipinski definition) is 3. The highest BCUT2D eigenvalue weighted by molar-refractivity contribution is 9.10. The van der Waals surface area contributed by atoms with E-state index in [9.17, 15) is 5.11 Å². The van der Waals surface area contributed by atoms with E-state index in [1.165, 1.54) is 0 Å². The van der Waals surface area contributed by atoms with E-state index in [0.717, 1.165) is 21.3 Å². The minimum absolute atomic E-state index is 0.408. The van der Waals surface area contributed by atoms with Crippen LogP contribution in [0.5, 0.6) is 11.5 Å². The minimum Gasteiger partial charge on any atom is -0.497 e. The summed E-state index contributed by atoms with van der Waals surface area (Å²) < 4.78 is 12.1. The summed E-state index contributed by atoms with van der Waals surface area (Å²) in [7, 11) is 1.64. The van der Waals surface area contributed by atoms with E-state index in [1.54, 1.807) is 7.11 Å². The number of aliphatic hydroxyl groups excluding tert-OH is 1. The molecule has 0 bridgehead atoms. The fraction of sp³-hybridized carbons (Fsp3) is 0.294. The highest BCUT2D eigenvalue weighted by atomic mass is 79.9. The first-order valence-corrected chi connectivity index (χ1v) is 7.67. The molecule has 0 fully saturated rings. The van der Waals surface area contributed by atoms with Crippen LogP contribution in [0.3, 0.4) is 0 Å². The SMILES string of the molecule is CC[C@H](O)c1ccccc1OCc1cc(OC)ccc1Br. The molecule has 1 atom stereocenters. The monoisotopic (exact) mass is 350 g/mol. The standard InChI is InChI=1S/C17H19BrO3/c1-3-16(19)14-6-4-5-7-17(14)21-11-12-10-13(20-2)8-9-15(12)18/h4-10,16,19H,3,11H2,1-2H3/t16-/m0/s1. The largest absolute Gasteiger partial charge is 0.497 e.